The zero-order valence-electron chi connectivity index (χ0n) is 20.7. The van der Waals surface area contributed by atoms with Crippen LogP contribution in [0.25, 0.3) is 0 Å². The fourth-order valence-corrected chi connectivity index (χ4v) is 35.7. The first-order valence-electron chi connectivity index (χ1n) is 11.4. The predicted molar refractivity (Wildman–Crippen MR) is 148 cm³/mol. The summed E-state index contributed by atoms with van der Waals surface area (Å²) in [6.45, 7) is 0.649. The summed E-state index contributed by atoms with van der Waals surface area (Å²) in [6, 6.07) is 42.8. The van der Waals surface area contributed by atoms with Gasteiger partial charge in [-0.2, -0.15) is 13.2 Å². The van der Waals surface area contributed by atoms with E-state index in [1.807, 2.05) is 0 Å². The van der Waals surface area contributed by atoms with Crippen molar-refractivity contribution in [2.75, 3.05) is 7.11 Å². The standard InChI is InChI=1S/C27H27As2O.CHF3O3S/c1-28(24-15-6-3-7-16-24)29(25-17-8-4-9-18-25,26-19-10-5-11-20-26)27-21-13-12-14-23(27)22-30-2;2-1(3,4)8(5,6)7/h3-21H,22H2,1-2H3;(H,5,6,7)/q+1;/p-1. The van der Waals surface area contributed by atoms with Crippen LogP contribution >= 0.6 is 0 Å². The van der Waals surface area contributed by atoms with Gasteiger partial charge in [-0.15, -0.1) is 0 Å². The van der Waals surface area contributed by atoms with Crippen LogP contribution in [0.2, 0.25) is 5.71 Å². The third-order valence-electron chi connectivity index (χ3n) is 5.76. The van der Waals surface area contributed by atoms with Crippen molar-refractivity contribution < 1.29 is 30.9 Å². The zero-order valence-corrected chi connectivity index (χ0v) is 25.3. The SMILES string of the molecule is COCc1ccccc1[As+](c1ccccc1)(c1ccccc1)[As](C)c1ccccc1.O=S(=O)([O-])C(F)(F)F. The van der Waals surface area contributed by atoms with E-state index in [0.717, 1.165) is 0 Å². The molecule has 0 aliphatic carbocycles. The van der Waals surface area contributed by atoms with Gasteiger partial charge in [0, 0.05) is 0 Å². The Bertz CT molecular complexity index is 1360. The van der Waals surface area contributed by atoms with E-state index in [0.29, 0.717) is 6.61 Å². The molecule has 1 unspecified atom stereocenters. The van der Waals surface area contributed by atoms with Gasteiger partial charge in [0.25, 0.3) is 0 Å². The largest absolute Gasteiger partial charge is 0.741 e. The number of benzene rings is 4. The van der Waals surface area contributed by atoms with Crippen molar-refractivity contribution in [2.45, 2.75) is 17.8 Å². The summed E-state index contributed by atoms with van der Waals surface area (Å²) in [5, 5.41) is 0. The molecule has 0 aliphatic rings. The normalized spacial score (nSPS) is 12.8. The third kappa shape index (κ3) is 6.80. The molecule has 4 aromatic rings. The van der Waals surface area contributed by atoms with Crippen LogP contribution in [-0.2, 0) is 21.5 Å². The minimum absolute atomic E-state index is 0.649. The zero-order chi connectivity index (χ0) is 27.8. The molecule has 0 aromatic heterocycles. The maximum Gasteiger partial charge on any atom is 0.485 e. The molecule has 0 aliphatic heterocycles. The molecule has 0 saturated carbocycles. The Morgan fingerprint density at radius 3 is 1.58 bits per heavy atom. The van der Waals surface area contributed by atoms with Gasteiger partial charge in [-0.05, 0) is 0 Å². The molecule has 0 heterocycles. The molecule has 4 aromatic carbocycles. The Morgan fingerprint density at radius 2 is 1.16 bits per heavy atom. The first-order valence-corrected chi connectivity index (χ1v) is 23.7. The van der Waals surface area contributed by atoms with Crippen molar-refractivity contribution in [2.24, 2.45) is 0 Å². The summed E-state index contributed by atoms with van der Waals surface area (Å²) in [7, 11) is -4.29. The molecule has 0 fully saturated rings. The maximum atomic E-state index is 10.7. The van der Waals surface area contributed by atoms with Crippen LogP contribution < -0.4 is 17.4 Å². The van der Waals surface area contributed by atoms with Gasteiger partial charge in [-0.3, -0.25) is 0 Å². The number of hydrogen-bond acceptors (Lipinski definition) is 4. The van der Waals surface area contributed by atoms with E-state index in [2.05, 4.69) is 121 Å². The second-order valence-electron chi connectivity index (χ2n) is 8.13. The summed E-state index contributed by atoms with van der Waals surface area (Å²) in [6.07, 6.45) is 0. The fourth-order valence-electron chi connectivity index (χ4n) is 4.14. The molecule has 1 atom stereocenters. The number of ether oxygens (including phenoxy) is 1. The Morgan fingerprint density at radius 1 is 0.763 bits per heavy atom. The molecule has 0 radical (unpaired) electrons. The average Bonchev–Trinajstić information content (AvgIpc) is 2.91. The summed E-state index contributed by atoms with van der Waals surface area (Å²) in [5.41, 5.74) is -1.75. The van der Waals surface area contributed by atoms with E-state index in [1.165, 1.54) is 23.0 Å². The van der Waals surface area contributed by atoms with Crippen LogP contribution in [0, 0.1) is 0 Å². The van der Waals surface area contributed by atoms with Gasteiger partial charge in [0.1, 0.15) is 0 Å². The molecule has 0 saturated heterocycles. The molecule has 200 valence electrons. The Labute approximate surface area is 227 Å². The van der Waals surface area contributed by atoms with Gasteiger partial charge in [0.2, 0.25) is 0 Å². The molecule has 38 heavy (non-hydrogen) atoms. The van der Waals surface area contributed by atoms with E-state index in [-0.39, 0.29) is 0 Å². The van der Waals surface area contributed by atoms with Crippen molar-refractivity contribution in [3.8, 4) is 0 Å². The molecule has 4 rings (SSSR count). The monoisotopic (exact) mass is 666 g/mol. The van der Waals surface area contributed by atoms with E-state index >= 15 is 0 Å². The predicted octanol–water partition coefficient (Wildman–Crippen LogP) is 3.46. The number of alkyl halides is 3. The van der Waals surface area contributed by atoms with Crippen LogP contribution in [0.3, 0.4) is 0 Å². The minimum atomic E-state index is -6.09. The minimum Gasteiger partial charge on any atom is -0.741 e. The molecule has 0 amide bonds. The van der Waals surface area contributed by atoms with Crippen LogP contribution in [0.15, 0.2) is 115 Å². The fraction of sp³-hybridized carbons (Fsp3) is 0.143. The summed E-state index contributed by atoms with van der Waals surface area (Å²) < 4.78 is 70.7. The Hall–Kier alpha value is -2.34. The van der Waals surface area contributed by atoms with Crippen LogP contribution in [0.4, 0.5) is 13.2 Å². The van der Waals surface area contributed by atoms with Crippen LogP contribution in [0.1, 0.15) is 5.56 Å². The molecule has 0 spiro atoms. The molecular weight excluding hydrogens is 639 g/mol. The van der Waals surface area contributed by atoms with Crippen molar-refractivity contribution in [3.63, 3.8) is 0 Å². The van der Waals surface area contributed by atoms with Gasteiger partial charge in [0.15, 0.2) is 10.1 Å². The average molecular weight is 666 g/mol. The summed E-state index contributed by atoms with van der Waals surface area (Å²) in [4.78, 5) is 0. The van der Waals surface area contributed by atoms with Gasteiger partial charge in [0.05, 0.1) is 0 Å². The summed E-state index contributed by atoms with van der Waals surface area (Å²) in [5.74, 6) is 0. The second kappa shape index (κ2) is 13.1. The van der Waals surface area contributed by atoms with Crippen LogP contribution in [-0.4, -0.2) is 49.7 Å². The van der Waals surface area contributed by atoms with Crippen LogP contribution in [0.5, 0.6) is 0 Å². The molecule has 0 bridgehead atoms. The smallest absolute Gasteiger partial charge is 0.485 e. The van der Waals surface area contributed by atoms with Crippen molar-refractivity contribution in [1.29, 1.82) is 0 Å². The quantitative estimate of drug-likeness (QED) is 0.172. The van der Waals surface area contributed by atoms with Crippen molar-refractivity contribution >= 4 is 51.6 Å². The van der Waals surface area contributed by atoms with Gasteiger partial charge in [-0.1, -0.05) is 0 Å². The topological polar surface area (TPSA) is 66.4 Å². The Kier molecular flexibility index (Phi) is 10.4. The number of methoxy groups -OCH3 is 1. The molecule has 10 heteroatoms. The van der Waals surface area contributed by atoms with Gasteiger partial charge >= 0.3 is 192 Å². The number of halogens is 3. The van der Waals surface area contributed by atoms with E-state index in [1.54, 1.807) is 7.11 Å². The maximum absolute atomic E-state index is 10.7. The van der Waals surface area contributed by atoms with Gasteiger partial charge < -0.3 is 4.55 Å². The van der Waals surface area contributed by atoms with Crippen molar-refractivity contribution in [1.82, 2.24) is 0 Å². The second-order valence-corrected chi connectivity index (χ2v) is 31.7. The third-order valence-corrected chi connectivity index (χ3v) is 36.9. The first-order chi connectivity index (χ1) is 18.0. The first kappa shape index (κ1) is 30.2. The molecule has 0 N–H and O–H groups in total. The Balaban J connectivity index is 0.000000436. The molecular formula is C28H27As2F3O4S. The van der Waals surface area contributed by atoms with Crippen molar-refractivity contribution in [3.05, 3.63) is 121 Å². The summed E-state index contributed by atoms with van der Waals surface area (Å²) >= 11 is -4.30. The van der Waals surface area contributed by atoms with Gasteiger partial charge in [-0.25, -0.2) is 8.42 Å². The molecule has 4 nitrogen and oxygen atoms in total. The van der Waals surface area contributed by atoms with E-state index < -0.39 is 39.7 Å². The number of rotatable bonds is 7. The van der Waals surface area contributed by atoms with E-state index in [9.17, 15) is 13.2 Å². The number of hydrogen-bond donors (Lipinski definition) is 0. The van der Waals surface area contributed by atoms with E-state index in [4.69, 9.17) is 17.7 Å².